The Morgan fingerprint density at radius 2 is 1.04 bits per heavy atom. The fourth-order valence-electron chi connectivity index (χ4n) is 8.54. The number of anilines is 3. The number of nitrogens with zero attached hydrogens (tertiary/aromatic N) is 1. The van der Waals surface area contributed by atoms with Crippen molar-refractivity contribution in [3.8, 4) is 44.6 Å². The van der Waals surface area contributed by atoms with Gasteiger partial charge in [-0.2, -0.15) is 0 Å². The highest BCUT2D eigenvalue weighted by molar-refractivity contribution is 6.07. The third-order valence-corrected chi connectivity index (χ3v) is 11.2. The van der Waals surface area contributed by atoms with E-state index in [-0.39, 0.29) is 5.41 Å². The van der Waals surface area contributed by atoms with Gasteiger partial charge in [0.05, 0.1) is 11.4 Å². The minimum atomic E-state index is -0.155. The fourth-order valence-corrected chi connectivity index (χ4v) is 8.54. The van der Waals surface area contributed by atoms with Gasteiger partial charge >= 0.3 is 0 Å². The van der Waals surface area contributed by atoms with Crippen LogP contribution >= 0.6 is 0 Å². The number of fused-ring (bicyclic) bond motifs is 5. The third-order valence-electron chi connectivity index (χ3n) is 11.2. The first-order valence-corrected chi connectivity index (χ1v) is 18.4. The molecular formula is C51H38N2. The van der Waals surface area contributed by atoms with Gasteiger partial charge in [0, 0.05) is 38.6 Å². The van der Waals surface area contributed by atoms with E-state index < -0.39 is 0 Å². The van der Waals surface area contributed by atoms with Crippen LogP contribution in [-0.4, -0.2) is 4.98 Å². The molecule has 0 saturated carbocycles. The summed E-state index contributed by atoms with van der Waals surface area (Å²) < 4.78 is 0. The molecule has 0 amide bonds. The highest BCUT2D eigenvalue weighted by Gasteiger charge is 2.36. The van der Waals surface area contributed by atoms with Gasteiger partial charge in [-0.25, -0.2) is 0 Å². The van der Waals surface area contributed by atoms with Crippen LogP contribution in [0.5, 0.6) is 0 Å². The topological polar surface area (TPSA) is 19.0 Å². The van der Waals surface area contributed by atoms with Gasteiger partial charge in [0.15, 0.2) is 0 Å². The smallest absolute Gasteiger partial charge is 0.0544 e. The third kappa shape index (κ3) is 5.10. The molecule has 0 spiro atoms. The summed E-state index contributed by atoms with van der Waals surface area (Å²) in [6.07, 6.45) is 0. The highest BCUT2D eigenvalue weighted by atomic mass is 15.1. The Hall–Kier alpha value is -6.64. The molecule has 8 aromatic carbocycles. The van der Waals surface area contributed by atoms with Gasteiger partial charge in [-0.3, -0.25) is 0 Å². The number of H-pyrrole nitrogens is 1. The summed E-state index contributed by atoms with van der Waals surface area (Å²) in [6.45, 7) is 4.74. The van der Waals surface area contributed by atoms with E-state index in [1.54, 1.807) is 0 Å². The van der Waals surface area contributed by atoms with Crippen molar-refractivity contribution in [1.29, 1.82) is 0 Å². The lowest BCUT2D eigenvalue weighted by molar-refractivity contribution is 0.661. The van der Waals surface area contributed by atoms with E-state index in [1.807, 2.05) is 0 Å². The van der Waals surface area contributed by atoms with Crippen LogP contribution in [0.3, 0.4) is 0 Å². The van der Waals surface area contributed by atoms with E-state index in [4.69, 9.17) is 0 Å². The van der Waals surface area contributed by atoms with E-state index in [2.05, 4.69) is 212 Å². The van der Waals surface area contributed by atoms with Crippen molar-refractivity contribution >= 4 is 38.7 Å². The Morgan fingerprint density at radius 3 is 1.79 bits per heavy atom. The zero-order chi connectivity index (χ0) is 35.5. The average Bonchev–Trinajstić information content (AvgIpc) is 3.70. The minimum absolute atomic E-state index is 0.155. The number of hydrogen-bond donors (Lipinski definition) is 1. The number of nitrogens with one attached hydrogen (secondary N) is 1. The Labute approximate surface area is 310 Å². The van der Waals surface area contributed by atoms with Gasteiger partial charge in [0.2, 0.25) is 0 Å². The molecule has 1 aliphatic rings. The average molecular weight is 679 g/mol. The number of aromatic amines is 1. The largest absolute Gasteiger partial charge is 0.354 e. The number of para-hydroxylation sites is 1. The molecular weight excluding hydrogens is 641 g/mol. The van der Waals surface area contributed by atoms with E-state index in [0.717, 1.165) is 11.4 Å². The maximum Gasteiger partial charge on any atom is 0.0544 e. The first-order chi connectivity index (χ1) is 26.0. The summed E-state index contributed by atoms with van der Waals surface area (Å²) in [5.41, 5.74) is 17.1. The molecule has 0 bridgehead atoms. The zero-order valence-corrected chi connectivity index (χ0v) is 29.8. The molecule has 0 unspecified atom stereocenters. The van der Waals surface area contributed by atoms with Crippen molar-refractivity contribution < 1.29 is 0 Å². The molecule has 252 valence electrons. The molecule has 0 fully saturated rings. The summed E-state index contributed by atoms with van der Waals surface area (Å²) in [6, 6.07) is 68.3. The predicted octanol–water partition coefficient (Wildman–Crippen LogP) is 14.1. The van der Waals surface area contributed by atoms with Crippen molar-refractivity contribution in [1.82, 2.24) is 4.98 Å². The Morgan fingerprint density at radius 1 is 0.434 bits per heavy atom. The van der Waals surface area contributed by atoms with Crippen LogP contribution in [-0.2, 0) is 5.41 Å². The van der Waals surface area contributed by atoms with Gasteiger partial charge in [0.25, 0.3) is 0 Å². The fraction of sp³-hybridized carbons (Fsp3) is 0.0588. The van der Waals surface area contributed by atoms with Crippen LogP contribution < -0.4 is 4.90 Å². The van der Waals surface area contributed by atoms with E-state index in [1.165, 1.54) is 83.1 Å². The number of aromatic nitrogens is 1. The van der Waals surface area contributed by atoms with E-state index in [9.17, 15) is 0 Å². The van der Waals surface area contributed by atoms with Crippen molar-refractivity contribution in [2.75, 3.05) is 4.90 Å². The molecule has 9 aromatic rings. The summed E-state index contributed by atoms with van der Waals surface area (Å²) >= 11 is 0. The highest BCUT2D eigenvalue weighted by Crippen LogP contribution is 2.52. The monoisotopic (exact) mass is 678 g/mol. The van der Waals surface area contributed by atoms with Crippen LogP contribution in [0.2, 0.25) is 0 Å². The van der Waals surface area contributed by atoms with Crippen molar-refractivity contribution in [3.63, 3.8) is 0 Å². The van der Waals surface area contributed by atoms with Gasteiger partial charge in [-0.1, -0.05) is 153 Å². The van der Waals surface area contributed by atoms with Gasteiger partial charge in [0.1, 0.15) is 0 Å². The van der Waals surface area contributed by atoms with Gasteiger partial charge in [-0.15, -0.1) is 0 Å². The summed E-state index contributed by atoms with van der Waals surface area (Å²) in [7, 11) is 0. The summed E-state index contributed by atoms with van der Waals surface area (Å²) in [5.74, 6) is 0. The second kappa shape index (κ2) is 12.3. The second-order valence-corrected chi connectivity index (χ2v) is 14.7. The molecule has 1 aliphatic carbocycles. The first kappa shape index (κ1) is 31.1. The maximum atomic E-state index is 3.85. The minimum Gasteiger partial charge on any atom is -0.354 e. The van der Waals surface area contributed by atoms with Crippen molar-refractivity contribution in [2.24, 2.45) is 0 Å². The summed E-state index contributed by atoms with van der Waals surface area (Å²) in [5, 5.41) is 3.72. The van der Waals surface area contributed by atoms with Crippen LogP contribution in [0.25, 0.3) is 66.3 Å². The van der Waals surface area contributed by atoms with Crippen LogP contribution in [0.1, 0.15) is 25.0 Å². The standard InChI is InChI=1S/C51H38N2/c1-51(2)45-31-38(34-25-28-40(29-26-34)53(39-21-10-5-11-22-39)48-24-14-20-35-15-12-13-23-41(35)48)27-30-42(45)43-32-44-47(33-46(43)51)52-50(37-18-8-4-9-19-37)49(44)36-16-6-3-7-17-36/h3-33,52H,1-2H3. The molecule has 0 aliphatic heterocycles. The molecule has 1 N–H and O–H groups in total. The molecule has 2 nitrogen and oxygen atoms in total. The van der Waals surface area contributed by atoms with Crippen molar-refractivity contribution in [2.45, 2.75) is 19.3 Å². The zero-order valence-electron chi connectivity index (χ0n) is 29.8. The SMILES string of the molecule is CC1(C)c2cc(-c3ccc(N(c4ccccc4)c4cccc5ccccc45)cc3)ccc2-c2cc3c(-c4ccccc4)c(-c4ccccc4)[nH]c3cc21. The number of rotatable bonds is 6. The number of hydrogen-bond acceptors (Lipinski definition) is 1. The predicted molar refractivity (Wildman–Crippen MR) is 224 cm³/mol. The van der Waals surface area contributed by atoms with Crippen LogP contribution in [0.15, 0.2) is 188 Å². The molecule has 0 radical (unpaired) electrons. The molecule has 1 heterocycles. The molecule has 10 rings (SSSR count). The maximum absolute atomic E-state index is 3.85. The van der Waals surface area contributed by atoms with Crippen LogP contribution in [0.4, 0.5) is 17.1 Å². The lowest BCUT2D eigenvalue weighted by Gasteiger charge is -2.27. The molecule has 53 heavy (non-hydrogen) atoms. The van der Waals surface area contributed by atoms with Gasteiger partial charge in [-0.05, 0) is 98.4 Å². The van der Waals surface area contributed by atoms with E-state index in [0.29, 0.717) is 0 Å². The molecule has 0 atom stereocenters. The lowest BCUT2D eigenvalue weighted by atomic mass is 9.81. The normalized spacial score (nSPS) is 12.9. The lowest BCUT2D eigenvalue weighted by Crippen LogP contribution is -2.15. The van der Waals surface area contributed by atoms with Crippen molar-refractivity contribution in [3.05, 3.63) is 199 Å². The summed E-state index contributed by atoms with van der Waals surface area (Å²) in [4.78, 5) is 6.22. The second-order valence-electron chi connectivity index (χ2n) is 14.7. The Balaban J connectivity index is 1.06. The first-order valence-electron chi connectivity index (χ1n) is 18.4. The molecule has 0 saturated heterocycles. The van der Waals surface area contributed by atoms with Gasteiger partial charge < -0.3 is 9.88 Å². The Bertz CT molecular complexity index is 2770. The van der Waals surface area contributed by atoms with Crippen LogP contribution in [0, 0.1) is 0 Å². The Kier molecular flexibility index (Phi) is 7.19. The number of benzene rings is 8. The van der Waals surface area contributed by atoms with E-state index >= 15 is 0 Å². The molecule has 1 aromatic heterocycles. The quantitative estimate of drug-likeness (QED) is 0.185. The molecule has 2 heteroatoms.